The topological polar surface area (TPSA) is 79.5 Å². The summed E-state index contributed by atoms with van der Waals surface area (Å²) in [5.41, 5.74) is 0. The highest BCUT2D eigenvalue weighted by molar-refractivity contribution is 5.94. The molecule has 1 aliphatic carbocycles. The van der Waals surface area contributed by atoms with Crippen LogP contribution in [0.25, 0.3) is 0 Å². The van der Waals surface area contributed by atoms with E-state index < -0.39 is 17.9 Å². The fourth-order valence-corrected chi connectivity index (χ4v) is 1.55. The summed E-state index contributed by atoms with van der Waals surface area (Å²) in [6.45, 7) is 0. The van der Waals surface area contributed by atoms with Crippen molar-refractivity contribution in [3.05, 3.63) is 24.2 Å². The highest BCUT2D eigenvalue weighted by atomic mass is 16.4. The Morgan fingerprint density at radius 1 is 1.56 bits per heavy atom. The van der Waals surface area contributed by atoms with Crippen LogP contribution < -0.4 is 5.32 Å². The summed E-state index contributed by atoms with van der Waals surface area (Å²) >= 11 is 0. The van der Waals surface area contributed by atoms with Gasteiger partial charge in [-0.3, -0.25) is 4.79 Å². The van der Waals surface area contributed by atoms with Crippen LogP contribution in [0.3, 0.4) is 0 Å². The maximum Gasteiger partial charge on any atom is 0.326 e. The van der Waals surface area contributed by atoms with Gasteiger partial charge in [-0.15, -0.1) is 0 Å². The van der Waals surface area contributed by atoms with E-state index in [9.17, 15) is 9.59 Å². The minimum atomic E-state index is -0.994. The fraction of sp³-hybridized carbons (Fsp3) is 0.455. The lowest BCUT2D eigenvalue weighted by atomic mass is 10.1. The smallest absolute Gasteiger partial charge is 0.326 e. The van der Waals surface area contributed by atoms with E-state index in [-0.39, 0.29) is 5.76 Å². The molecule has 2 N–H and O–H groups in total. The Bertz CT molecular complexity index is 381. The van der Waals surface area contributed by atoms with Crippen LogP contribution in [0.2, 0.25) is 0 Å². The number of amides is 1. The van der Waals surface area contributed by atoms with E-state index in [1.165, 1.54) is 12.3 Å². The van der Waals surface area contributed by atoms with Crippen molar-refractivity contribution < 1.29 is 19.1 Å². The van der Waals surface area contributed by atoms with Crippen LogP contribution in [0, 0.1) is 5.92 Å². The lowest BCUT2D eigenvalue weighted by Gasteiger charge is -2.12. The second-order valence-electron chi connectivity index (χ2n) is 4.02. The van der Waals surface area contributed by atoms with Crippen molar-refractivity contribution in [2.75, 3.05) is 0 Å². The molecule has 0 bridgehead atoms. The Morgan fingerprint density at radius 3 is 2.81 bits per heavy atom. The Labute approximate surface area is 92.4 Å². The number of aliphatic carboxylic acids is 1. The van der Waals surface area contributed by atoms with E-state index in [1.807, 2.05) is 0 Å². The molecule has 1 atom stereocenters. The van der Waals surface area contributed by atoms with Gasteiger partial charge >= 0.3 is 5.97 Å². The lowest BCUT2D eigenvalue weighted by molar-refractivity contribution is -0.139. The molecule has 1 aliphatic rings. The molecule has 1 fully saturated rings. The number of hydrogen-bond donors (Lipinski definition) is 2. The molecule has 86 valence electrons. The van der Waals surface area contributed by atoms with Gasteiger partial charge in [0.05, 0.1) is 6.26 Å². The molecule has 1 saturated carbocycles. The van der Waals surface area contributed by atoms with Gasteiger partial charge in [0.1, 0.15) is 6.04 Å². The summed E-state index contributed by atoms with van der Waals surface area (Å²) in [6.07, 6.45) is 3.99. The third-order valence-corrected chi connectivity index (χ3v) is 2.61. The van der Waals surface area contributed by atoms with Gasteiger partial charge in [0, 0.05) is 0 Å². The van der Waals surface area contributed by atoms with Crippen LogP contribution in [0.5, 0.6) is 0 Å². The molecule has 1 aromatic rings. The van der Waals surface area contributed by atoms with Crippen molar-refractivity contribution in [2.45, 2.75) is 25.3 Å². The summed E-state index contributed by atoms with van der Waals surface area (Å²) < 4.78 is 4.89. The first kappa shape index (κ1) is 10.7. The molecule has 2 rings (SSSR count). The number of furan rings is 1. The van der Waals surface area contributed by atoms with E-state index in [0.717, 1.165) is 12.8 Å². The Kier molecular flexibility index (Phi) is 2.94. The second kappa shape index (κ2) is 4.38. The van der Waals surface area contributed by atoms with Crippen LogP contribution in [0.4, 0.5) is 0 Å². The first-order valence-electron chi connectivity index (χ1n) is 5.24. The number of carboxylic acids is 1. The molecule has 0 aromatic carbocycles. The molecular formula is C11H13NO4. The monoisotopic (exact) mass is 223 g/mol. The van der Waals surface area contributed by atoms with Gasteiger partial charge in [0.2, 0.25) is 0 Å². The molecule has 5 nitrogen and oxygen atoms in total. The van der Waals surface area contributed by atoms with Crippen LogP contribution in [-0.4, -0.2) is 23.0 Å². The molecular weight excluding hydrogens is 210 g/mol. The molecule has 16 heavy (non-hydrogen) atoms. The molecule has 1 unspecified atom stereocenters. The number of carbonyl (C=O) groups excluding carboxylic acids is 1. The van der Waals surface area contributed by atoms with Gasteiger partial charge in [-0.05, 0) is 24.5 Å². The highest BCUT2D eigenvalue weighted by Gasteiger charge is 2.30. The zero-order valence-corrected chi connectivity index (χ0v) is 8.68. The van der Waals surface area contributed by atoms with E-state index in [2.05, 4.69) is 5.32 Å². The SMILES string of the molecule is O=C(NC(CC1CC1)C(=O)O)c1ccco1. The van der Waals surface area contributed by atoms with Gasteiger partial charge in [-0.25, -0.2) is 4.79 Å². The van der Waals surface area contributed by atoms with Gasteiger partial charge < -0.3 is 14.8 Å². The van der Waals surface area contributed by atoms with E-state index in [4.69, 9.17) is 9.52 Å². The van der Waals surface area contributed by atoms with Crippen molar-refractivity contribution in [3.63, 3.8) is 0 Å². The van der Waals surface area contributed by atoms with E-state index in [0.29, 0.717) is 12.3 Å². The largest absolute Gasteiger partial charge is 0.480 e. The molecule has 0 radical (unpaired) electrons. The van der Waals surface area contributed by atoms with Crippen molar-refractivity contribution >= 4 is 11.9 Å². The van der Waals surface area contributed by atoms with Crippen molar-refractivity contribution in [2.24, 2.45) is 5.92 Å². The van der Waals surface area contributed by atoms with Crippen LogP contribution in [-0.2, 0) is 4.79 Å². The van der Waals surface area contributed by atoms with Crippen molar-refractivity contribution in [1.29, 1.82) is 0 Å². The number of carbonyl (C=O) groups is 2. The number of carboxylic acid groups (broad SMARTS) is 1. The third kappa shape index (κ3) is 2.62. The summed E-state index contributed by atoms with van der Waals surface area (Å²) in [7, 11) is 0. The predicted molar refractivity (Wildman–Crippen MR) is 54.9 cm³/mol. The molecule has 5 heteroatoms. The maximum absolute atomic E-state index is 11.6. The number of hydrogen-bond acceptors (Lipinski definition) is 3. The number of rotatable bonds is 5. The van der Waals surface area contributed by atoms with E-state index >= 15 is 0 Å². The molecule has 1 heterocycles. The van der Waals surface area contributed by atoms with Crippen LogP contribution in [0.15, 0.2) is 22.8 Å². The Balaban J connectivity index is 1.94. The summed E-state index contributed by atoms with van der Waals surface area (Å²) in [5, 5.41) is 11.4. The molecule has 0 spiro atoms. The molecule has 1 amide bonds. The minimum absolute atomic E-state index is 0.141. The van der Waals surface area contributed by atoms with Crippen LogP contribution >= 0.6 is 0 Å². The van der Waals surface area contributed by atoms with Gasteiger partial charge in [0.25, 0.3) is 5.91 Å². The van der Waals surface area contributed by atoms with Crippen LogP contribution in [0.1, 0.15) is 29.8 Å². The average molecular weight is 223 g/mol. The third-order valence-electron chi connectivity index (χ3n) is 2.61. The second-order valence-corrected chi connectivity index (χ2v) is 4.02. The fourth-order valence-electron chi connectivity index (χ4n) is 1.55. The molecule has 0 aliphatic heterocycles. The maximum atomic E-state index is 11.6. The van der Waals surface area contributed by atoms with Crippen molar-refractivity contribution in [3.8, 4) is 0 Å². The van der Waals surface area contributed by atoms with Crippen molar-refractivity contribution in [1.82, 2.24) is 5.32 Å². The number of nitrogens with one attached hydrogen (secondary N) is 1. The zero-order valence-electron chi connectivity index (χ0n) is 8.68. The molecule has 0 saturated heterocycles. The first-order valence-corrected chi connectivity index (χ1v) is 5.24. The first-order chi connectivity index (χ1) is 7.66. The zero-order chi connectivity index (χ0) is 11.5. The van der Waals surface area contributed by atoms with Gasteiger partial charge in [0.15, 0.2) is 5.76 Å². The summed E-state index contributed by atoms with van der Waals surface area (Å²) in [4.78, 5) is 22.5. The Hall–Kier alpha value is -1.78. The highest BCUT2D eigenvalue weighted by Crippen LogP contribution is 2.33. The van der Waals surface area contributed by atoms with E-state index in [1.54, 1.807) is 6.07 Å². The summed E-state index contributed by atoms with van der Waals surface area (Å²) in [6, 6.07) is 2.28. The Morgan fingerprint density at radius 2 is 2.31 bits per heavy atom. The standard InChI is InChI=1S/C11H13NO4/c13-10(9-2-1-5-16-9)12-8(11(14)15)6-7-3-4-7/h1-2,5,7-8H,3-4,6H2,(H,12,13)(H,14,15). The quantitative estimate of drug-likeness (QED) is 0.787. The lowest BCUT2D eigenvalue weighted by Crippen LogP contribution is -2.41. The predicted octanol–water partition coefficient (Wildman–Crippen LogP) is 1.26. The molecule has 1 aromatic heterocycles. The summed E-state index contributed by atoms with van der Waals surface area (Å²) in [5.74, 6) is -0.884. The van der Waals surface area contributed by atoms with Gasteiger partial charge in [-0.2, -0.15) is 0 Å². The van der Waals surface area contributed by atoms with Gasteiger partial charge in [-0.1, -0.05) is 12.8 Å². The normalized spacial score (nSPS) is 16.8. The average Bonchev–Trinajstić information content (AvgIpc) is 2.89. The minimum Gasteiger partial charge on any atom is -0.480 e.